The fourth-order valence-corrected chi connectivity index (χ4v) is 4.87. The lowest BCUT2D eigenvalue weighted by Crippen LogP contribution is -2.16. The van der Waals surface area contributed by atoms with Crippen LogP contribution >= 0.6 is 23.2 Å². The Balaban J connectivity index is 1.63. The van der Waals surface area contributed by atoms with Gasteiger partial charge in [0.25, 0.3) is 0 Å². The average molecular weight is 535 g/mol. The molecule has 0 saturated carbocycles. The van der Waals surface area contributed by atoms with Gasteiger partial charge in [0, 0.05) is 21.4 Å². The standard InChI is InChI=1S/C32H24Cl2N4/c1-21(22-7-3-2-4-8-22)35-29-20-32-30(19-28(29)36-25-15-11-23(33)12-16-25)37-27-9-5-6-10-31(27)38(32)26-17-13-24(34)14-18-26/h2-21,36H,1H3/t21-/m0/s1. The Morgan fingerprint density at radius 1 is 0.763 bits per heavy atom. The Morgan fingerprint density at radius 2 is 1.42 bits per heavy atom. The van der Waals surface area contributed by atoms with Gasteiger partial charge in [-0.1, -0.05) is 65.7 Å². The summed E-state index contributed by atoms with van der Waals surface area (Å²) in [6.07, 6.45) is 0. The Bertz CT molecular complexity index is 1760. The van der Waals surface area contributed by atoms with Crippen LogP contribution in [0.2, 0.25) is 10.0 Å². The van der Waals surface area contributed by atoms with Crippen LogP contribution < -0.4 is 10.7 Å². The van der Waals surface area contributed by atoms with E-state index in [2.05, 4.69) is 47.1 Å². The third-order valence-electron chi connectivity index (χ3n) is 6.52. The van der Waals surface area contributed by atoms with Gasteiger partial charge in [0.15, 0.2) is 0 Å². The quantitative estimate of drug-likeness (QED) is 0.224. The van der Waals surface area contributed by atoms with Gasteiger partial charge in [0.1, 0.15) is 0 Å². The normalized spacial score (nSPS) is 12.7. The van der Waals surface area contributed by atoms with Gasteiger partial charge in [-0.25, -0.2) is 4.98 Å². The van der Waals surface area contributed by atoms with Crippen LogP contribution in [0, 0.1) is 0 Å². The van der Waals surface area contributed by atoms with E-state index < -0.39 is 0 Å². The first-order valence-electron chi connectivity index (χ1n) is 12.4. The maximum atomic E-state index is 6.23. The first-order chi connectivity index (χ1) is 18.5. The molecule has 1 aliphatic carbocycles. The van der Waals surface area contributed by atoms with Crippen molar-refractivity contribution >= 4 is 45.6 Å². The molecule has 1 heterocycles. The van der Waals surface area contributed by atoms with Crippen molar-refractivity contribution in [3.63, 3.8) is 0 Å². The first-order valence-corrected chi connectivity index (χ1v) is 13.1. The monoisotopic (exact) mass is 534 g/mol. The average Bonchev–Trinajstić information content (AvgIpc) is 2.94. The Labute approximate surface area is 231 Å². The Kier molecular flexibility index (Phi) is 6.59. The van der Waals surface area contributed by atoms with Crippen molar-refractivity contribution in [3.8, 4) is 17.1 Å². The van der Waals surface area contributed by atoms with Crippen LogP contribution in [0.1, 0.15) is 18.5 Å². The molecule has 1 aliphatic heterocycles. The van der Waals surface area contributed by atoms with Gasteiger partial charge in [-0.15, -0.1) is 0 Å². The predicted molar refractivity (Wildman–Crippen MR) is 158 cm³/mol. The fourth-order valence-electron chi connectivity index (χ4n) is 4.62. The van der Waals surface area contributed by atoms with E-state index in [0.29, 0.717) is 10.0 Å². The van der Waals surface area contributed by atoms with E-state index in [1.807, 2.05) is 84.9 Å². The molecule has 6 rings (SSSR count). The van der Waals surface area contributed by atoms with Crippen molar-refractivity contribution in [2.45, 2.75) is 13.0 Å². The van der Waals surface area contributed by atoms with Crippen LogP contribution in [0.3, 0.4) is 0 Å². The molecule has 2 aliphatic rings. The zero-order valence-corrected chi connectivity index (χ0v) is 22.2. The largest absolute Gasteiger partial charge is 0.354 e. The highest BCUT2D eigenvalue weighted by Gasteiger charge is 2.17. The van der Waals surface area contributed by atoms with Crippen LogP contribution in [0.15, 0.2) is 120 Å². The number of para-hydroxylation sites is 2. The van der Waals surface area contributed by atoms with Gasteiger partial charge < -0.3 is 9.88 Å². The summed E-state index contributed by atoms with van der Waals surface area (Å²) in [6.45, 7) is 2.11. The number of halogens is 2. The highest BCUT2D eigenvalue weighted by atomic mass is 35.5. The zero-order chi connectivity index (χ0) is 26.1. The van der Waals surface area contributed by atoms with Gasteiger partial charge in [0.05, 0.1) is 39.5 Å². The number of fused-ring (bicyclic) bond motifs is 2. The van der Waals surface area contributed by atoms with Crippen LogP contribution in [0.5, 0.6) is 0 Å². The predicted octanol–water partition coefficient (Wildman–Crippen LogP) is 8.84. The number of benzene rings is 5. The molecule has 0 radical (unpaired) electrons. The number of anilines is 2. The number of nitrogens with one attached hydrogen (secondary N) is 1. The van der Waals surface area contributed by atoms with Crippen molar-refractivity contribution in [1.82, 2.24) is 9.55 Å². The number of rotatable bonds is 5. The summed E-state index contributed by atoms with van der Waals surface area (Å²) in [5.74, 6) is 0. The van der Waals surface area contributed by atoms with Crippen molar-refractivity contribution in [1.29, 1.82) is 0 Å². The van der Waals surface area contributed by atoms with E-state index in [1.165, 1.54) is 0 Å². The minimum absolute atomic E-state index is 0.0446. The number of nitrogens with zero attached hydrogens (tertiary/aromatic N) is 3. The SMILES string of the molecule is C[C@H](N=c1cc2n(-c3ccc(Cl)cc3)c3ccccc3nc-2cc1Nc1ccc(Cl)cc1)c1ccccc1. The zero-order valence-electron chi connectivity index (χ0n) is 20.6. The van der Waals surface area contributed by atoms with Gasteiger partial charge >= 0.3 is 0 Å². The lowest BCUT2D eigenvalue weighted by atomic mass is 10.1. The van der Waals surface area contributed by atoms with Crippen molar-refractivity contribution in [3.05, 3.63) is 136 Å². The maximum Gasteiger partial charge on any atom is 0.0900 e. The minimum Gasteiger partial charge on any atom is -0.354 e. The molecule has 1 N–H and O–H groups in total. The van der Waals surface area contributed by atoms with E-state index >= 15 is 0 Å². The number of hydrogen-bond acceptors (Lipinski definition) is 3. The highest BCUT2D eigenvalue weighted by Crippen LogP contribution is 2.31. The van der Waals surface area contributed by atoms with Gasteiger partial charge in [-0.2, -0.15) is 0 Å². The smallest absolute Gasteiger partial charge is 0.0900 e. The molecule has 0 aromatic heterocycles. The molecule has 0 unspecified atom stereocenters. The van der Waals surface area contributed by atoms with Crippen LogP contribution in [-0.4, -0.2) is 9.55 Å². The van der Waals surface area contributed by atoms with Crippen LogP contribution in [0.4, 0.5) is 11.4 Å². The molecule has 0 amide bonds. The third kappa shape index (κ3) is 4.89. The van der Waals surface area contributed by atoms with E-state index in [9.17, 15) is 0 Å². The van der Waals surface area contributed by atoms with E-state index in [-0.39, 0.29) is 6.04 Å². The van der Waals surface area contributed by atoms with E-state index in [4.69, 9.17) is 33.2 Å². The second kappa shape index (κ2) is 10.3. The highest BCUT2D eigenvalue weighted by molar-refractivity contribution is 6.30. The summed E-state index contributed by atoms with van der Waals surface area (Å²) in [6, 6.07) is 38.1. The molecule has 4 aromatic carbocycles. The lowest BCUT2D eigenvalue weighted by Gasteiger charge is -2.20. The molecule has 1 atom stereocenters. The molecule has 0 spiro atoms. The molecular formula is C32H24Cl2N4. The number of hydrogen-bond donors (Lipinski definition) is 1. The minimum atomic E-state index is -0.0446. The Morgan fingerprint density at radius 3 is 2.16 bits per heavy atom. The van der Waals surface area contributed by atoms with Crippen LogP contribution in [0.25, 0.3) is 28.1 Å². The van der Waals surface area contributed by atoms with Crippen molar-refractivity contribution < 1.29 is 0 Å². The van der Waals surface area contributed by atoms with Gasteiger partial charge in [-0.05, 0) is 85.3 Å². The summed E-state index contributed by atoms with van der Waals surface area (Å²) in [4.78, 5) is 10.2. The van der Waals surface area contributed by atoms with E-state index in [1.54, 1.807) is 0 Å². The third-order valence-corrected chi connectivity index (χ3v) is 7.02. The second-order valence-corrected chi connectivity index (χ2v) is 9.99. The summed E-state index contributed by atoms with van der Waals surface area (Å²) < 4.78 is 2.21. The topological polar surface area (TPSA) is 42.2 Å². The van der Waals surface area contributed by atoms with Gasteiger partial charge in [-0.3, -0.25) is 4.99 Å². The molecule has 4 aromatic rings. The second-order valence-electron chi connectivity index (χ2n) is 9.12. The molecule has 0 fully saturated rings. The molecule has 6 heteroatoms. The first kappa shape index (κ1) is 24.2. The summed E-state index contributed by atoms with van der Waals surface area (Å²) in [5, 5.41) is 5.76. The summed E-state index contributed by atoms with van der Waals surface area (Å²) in [5.41, 5.74) is 7.63. The molecule has 4 nitrogen and oxygen atoms in total. The van der Waals surface area contributed by atoms with Gasteiger partial charge in [0.2, 0.25) is 0 Å². The molecular weight excluding hydrogens is 511 g/mol. The molecule has 0 bridgehead atoms. The van der Waals surface area contributed by atoms with Crippen LogP contribution in [-0.2, 0) is 0 Å². The van der Waals surface area contributed by atoms with E-state index in [0.717, 1.165) is 50.4 Å². The molecule has 38 heavy (non-hydrogen) atoms. The fraction of sp³-hybridized carbons (Fsp3) is 0.0625. The number of aromatic nitrogens is 2. The summed E-state index contributed by atoms with van der Waals surface area (Å²) >= 11 is 12.4. The van der Waals surface area contributed by atoms with Crippen molar-refractivity contribution in [2.75, 3.05) is 5.32 Å². The molecule has 186 valence electrons. The van der Waals surface area contributed by atoms with Crippen molar-refractivity contribution in [2.24, 2.45) is 4.99 Å². The summed E-state index contributed by atoms with van der Waals surface area (Å²) in [7, 11) is 0. The Hall–Kier alpha value is -4.12. The lowest BCUT2D eigenvalue weighted by molar-refractivity contribution is 0.790. The molecule has 0 saturated heterocycles. The maximum absolute atomic E-state index is 6.23.